The van der Waals surface area contributed by atoms with Crippen LogP contribution in [0.5, 0.6) is 0 Å². The van der Waals surface area contributed by atoms with Crippen LogP contribution in [0.25, 0.3) is 0 Å². The van der Waals surface area contributed by atoms with Gasteiger partial charge in [-0.3, -0.25) is 19.2 Å². The van der Waals surface area contributed by atoms with Crippen molar-refractivity contribution in [1.29, 1.82) is 0 Å². The van der Waals surface area contributed by atoms with Crippen LogP contribution >= 0.6 is 0 Å². The first-order chi connectivity index (χ1) is 16.4. The summed E-state index contributed by atoms with van der Waals surface area (Å²) in [6.07, 6.45) is -0.266. The summed E-state index contributed by atoms with van der Waals surface area (Å²) in [7, 11) is 2.48. The molecule has 0 bridgehead atoms. The fourth-order valence-electron chi connectivity index (χ4n) is 4.32. The summed E-state index contributed by atoms with van der Waals surface area (Å²) in [6.45, 7) is 0.0448. The van der Waals surface area contributed by atoms with E-state index in [1.807, 2.05) is 60.7 Å². The van der Waals surface area contributed by atoms with Crippen LogP contribution in [0, 0.1) is 23.7 Å². The molecule has 1 aliphatic carbocycles. The standard InChI is InChI=1S/C26H28O8/c1-31-21(27)13-19-20(14-22(28)32-2)24(26(30)34-16-18-11-7-4-8-12-18)23(19)25(29)33-15-17-9-5-3-6-10-17/h3-12,19-20,23-24H,13-16H2,1-2H3/t19-,20-,23-,24-/m0/s1. The second kappa shape index (κ2) is 12.0. The number of ether oxygens (including phenoxy) is 4. The Hall–Kier alpha value is -3.68. The maximum Gasteiger partial charge on any atom is 0.310 e. The van der Waals surface area contributed by atoms with Crippen LogP contribution in [0.15, 0.2) is 60.7 Å². The molecule has 0 aliphatic heterocycles. The number of carbonyl (C=O) groups is 4. The van der Waals surface area contributed by atoms with Gasteiger partial charge in [-0.15, -0.1) is 0 Å². The van der Waals surface area contributed by atoms with Crippen molar-refractivity contribution < 1.29 is 38.1 Å². The molecule has 2 aromatic rings. The third-order valence-corrected chi connectivity index (χ3v) is 6.11. The number of rotatable bonds is 10. The van der Waals surface area contributed by atoms with Crippen LogP contribution in [-0.4, -0.2) is 38.1 Å². The van der Waals surface area contributed by atoms with E-state index in [-0.39, 0.29) is 26.1 Å². The second-order valence-electron chi connectivity index (χ2n) is 8.13. The minimum atomic E-state index is -0.944. The number of esters is 4. The molecule has 0 unspecified atom stereocenters. The Kier molecular flexibility index (Phi) is 8.79. The lowest BCUT2D eigenvalue weighted by molar-refractivity contribution is -0.188. The van der Waals surface area contributed by atoms with Crippen molar-refractivity contribution in [3.63, 3.8) is 0 Å². The van der Waals surface area contributed by atoms with Gasteiger partial charge in [0.1, 0.15) is 13.2 Å². The highest BCUT2D eigenvalue weighted by Gasteiger charge is 2.59. The molecule has 34 heavy (non-hydrogen) atoms. The van der Waals surface area contributed by atoms with Gasteiger partial charge in [-0.2, -0.15) is 0 Å². The minimum Gasteiger partial charge on any atom is -0.469 e. The second-order valence-corrected chi connectivity index (χ2v) is 8.13. The monoisotopic (exact) mass is 468 g/mol. The zero-order valence-electron chi connectivity index (χ0n) is 19.2. The molecule has 1 saturated carbocycles. The number of carbonyl (C=O) groups excluding carboxylic acids is 4. The number of methoxy groups -OCH3 is 2. The van der Waals surface area contributed by atoms with Gasteiger partial charge in [0, 0.05) is 12.8 Å². The average Bonchev–Trinajstić information content (AvgIpc) is 2.87. The predicted octanol–water partition coefficient (Wildman–Crippen LogP) is 3.08. The van der Waals surface area contributed by atoms with E-state index in [0.29, 0.717) is 0 Å². The molecule has 0 radical (unpaired) electrons. The van der Waals surface area contributed by atoms with Gasteiger partial charge in [-0.25, -0.2) is 0 Å². The molecule has 8 heteroatoms. The first-order valence-electron chi connectivity index (χ1n) is 11.0. The van der Waals surface area contributed by atoms with E-state index in [4.69, 9.17) is 18.9 Å². The maximum absolute atomic E-state index is 13.1. The van der Waals surface area contributed by atoms with Gasteiger partial charge in [-0.1, -0.05) is 60.7 Å². The van der Waals surface area contributed by atoms with Gasteiger partial charge >= 0.3 is 23.9 Å². The lowest BCUT2D eigenvalue weighted by atomic mass is 9.54. The van der Waals surface area contributed by atoms with E-state index < -0.39 is 47.5 Å². The fraction of sp³-hybridized carbons (Fsp3) is 0.385. The van der Waals surface area contributed by atoms with E-state index in [1.165, 1.54) is 14.2 Å². The lowest BCUT2D eigenvalue weighted by Crippen LogP contribution is -2.56. The van der Waals surface area contributed by atoms with Crippen molar-refractivity contribution in [2.24, 2.45) is 23.7 Å². The first-order valence-corrected chi connectivity index (χ1v) is 11.0. The van der Waals surface area contributed by atoms with Crippen LogP contribution in [0.1, 0.15) is 24.0 Å². The maximum atomic E-state index is 13.1. The predicted molar refractivity (Wildman–Crippen MR) is 120 cm³/mol. The molecule has 3 rings (SSSR count). The fourth-order valence-corrected chi connectivity index (χ4v) is 4.32. The molecule has 2 aromatic carbocycles. The van der Waals surface area contributed by atoms with Crippen molar-refractivity contribution in [1.82, 2.24) is 0 Å². The van der Waals surface area contributed by atoms with E-state index in [0.717, 1.165) is 11.1 Å². The Morgan fingerprint density at radius 2 is 0.971 bits per heavy atom. The quantitative estimate of drug-likeness (QED) is 0.387. The van der Waals surface area contributed by atoms with E-state index in [2.05, 4.69) is 0 Å². The van der Waals surface area contributed by atoms with E-state index >= 15 is 0 Å². The van der Waals surface area contributed by atoms with Crippen LogP contribution in [0.3, 0.4) is 0 Å². The summed E-state index contributed by atoms with van der Waals surface area (Å²) >= 11 is 0. The van der Waals surface area contributed by atoms with Gasteiger partial charge in [0.05, 0.1) is 26.1 Å². The smallest absolute Gasteiger partial charge is 0.310 e. The summed E-state index contributed by atoms with van der Waals surface area (Å²) in [5.74, 6) is -5.47. The molecule has 4 atom stereocenters. The van der Waals surface area contributed by atoms with Crippen LogP contribution in [-0.2, 0) is 51.3 Å². The zero-order chi connectivity index (χ0) is 24.5. The Labute approximate surface area is 198 Å². The molecule has 0 spiro atoms. The third kappa shape index (κ3) is 6.21. The Morgan fingerprint density at radius 1 is 0.618 bits per heavy atom. The molecule has 180 valence electrons. The molecule has 0 heterocycles. The number of benzene rings is 2. The summed E-state index contributed by atoms with van der Waals surface area (Å²) < 4.78 is 20.5. The Bertz CT molecular complexity index is 907. The first kappa shape index (κ1) is 25.0. The summed E-state index contributed by atoms with van der Waals surface area (Å²) in [5, 5.41) is 0. The normalized spacial score (nSPS) is 21.0. The van der Waals surface area contributed by atoms with Crippen molar-refractivity contribution in [2.45, 2.75) is 26.1 Å². The molecule has 0 aromatic heterocycles. The highest BCUT2D eigenvalue weighted by Crippen LogP contribution is 2.51. The highest BCUT2D eigenvalue weighted by atomic mass is 16.5. The summed E-state index contributed by atoms with van der Waals surface area (Å²) in [4.78, 5) is 50.2. The molecule has 8 nitrogen and oxygen atoms in total. The molecule has 0 amide bonds. The molecule has 1 aliphatic rings. The van der Waals surface area contributed by atoms with Gasteiger partial charge in [0.25, 0.3) is 0 Å². The minimum absolute atomic E-state index is 0.0224. The Morgan fingerprint density at radius 3 is 1.29 bits per heavy atom. The van der Waals surface area contributed by atoms with Gasteiger partial charge < -0.3 is 18.9 Å². The van der Waals surface area contributed by atoms with Crippen molar-refractivity contribution in [2.75, 3.05) is 14.2 Å². The van der Waals surface area contributed by atoms with E-state index in [9.17, 15) is 19.2 Å². The van der Waals surface area contributed by atoms with Crippen LogP contribution in [0.4, 0.5) is 0 Å². The van der Waals surface area contributed by atoms with Crippen molar-refractivity contribution in [3.8, 4) is 0 Å². The van der Waals surface area contributed by atoms with Crippen molar-refractivity contribution in [3.05, 3.63) is 71.8 Å². The number of hydrogen-bond donors (Lipinski definition) is 0. The largest absolute Gasteiger partial charge is 0.469 e. The molecular weight excluding hydrogens is 440 g/mol. The summed E-state index contributed by atoms with van der Waals surface area (Å²) in [5.41, 5.74) is 1.57. The molecule has 0 N–H and O–H groups in total. The molecular formula is C26H28O8. The van der Waals surface area contributed by atoms with Crippen LogP contribution in [0.2, 0.25) is 0 Å². The average molecular weight is 469 g/mol. The zero-order valence-corrected chi connectivity index (χ0v) is 19.2. The van der Waals surface area contributed by atoms with Crippen molar-refractivity contribution >= 4 is 23.9 Å². The lowest BCUT2D eigenvalue weighted by Gasteiger charge is -2.48. The number of hydrogen-bond acceptors (Lipinski definition) is 8. The van der Waals surface area contributed by atoms with Gasteiger partial charge in [0.2, 0.25) is 0 Å². The highest BCUT2D eigenvalue weighted by molar-refractivity contribution is 5.87. The van der Waals surface area contributed by atoms with E-state index in [1.54, 1.807) is 0 Å². The SMILES string of the molecule is COC(=O)C[C@H]1[C@H](CC(=O)OC)[C@H](C(=O)OCc2ccccc2)[C@H]1C(=O)OCc1ccccc1. The van der Waals surface area contributed by atoms with Crippen LogP contribution < -0.4 is 0 Å². The topological polar surface area (TPSA) is 105 Å². The molecule has 0 saturated heterocycles. The van der Waals surface area contributed by atoms with Gasteiger partial charge in [-0.05, 0) is 23.0 Å². The summed E-state index contributed by atoms with van der Waals surface area (Å²) in [6, 6.07) is 18.2. The third-order valence-electron chi connectivity index (χ3n) is 6.11. The van der Waals surface area contributed by atoms with Gasteiger partial charge in [0.15, 0.2) is 0 Å². The Balaban J connectivity index is 1.79. The molecule has 1 fully saturated rings.